The molecule has 1 aromatic carbocycles. The Bertz CT molecular complexity index is 832. The van der Waals surface area contributed by atoms with Crippen molar-refractivity contribution in [1.82, 2.24) is 4.98 Å². The summed E-state index contributed by atoms with van der Waals surface area (Å²) in [5.41, 5.74) is 3.37. The van der Waals surface area contributed by atoms with E-state index in [-0.39, 0.29) is 5.78 Å². The van der Waals surface area contributed by atoms with Gasteiger partial charge in [-0.05, 0) is 43.0 Å². The number of pyridine rings is 1. The Morgan fingerprint density at radius 1 is 1.14 bits per heavy atom. The number of fused-ring (bicyclic) bond motifs is 1. The normalized spacial score (nSPS) is 11.3. The van der Waals surface area contributed by atoms with Crippen LogP contribution in [-0.4, -0.2) is 10.8 Å². The summed E-state index contributed by atoms with van der Waals surface area (Å²) >= 11 is 1.68. The summed E-state index contributed by atoms with van der Waals surface area (Å²) in [7, 11) is 0. The first kappa shape index (κ1) is 13.7. The number of ketones is 1. The Hall–Kier alpha value is -2.26. The summed E-state index contributed by atoms with van der Waals surface area (Å²) in [6.45, 7) is 3.49. The Kier molecular flexibility index (Phi) is 3.67. The SMILES string of the molecule is CC(=O)c1c(C)nc2ccccc2c1/C=C/c1cccs1. The van der Waals surface area contributed by atoms with Gasteiger partial charge in [0.2, 0.25) is 0 Å². The number of para-hydroxylation sites is 1. The lowest BCUT2D eigenvalue weighted by atomic mass is 9.97. The van der Waals surface area contributed by atoms with E-state index in [4.69, 9.17) is 0 Å². The summed E-state index contributed by atoms with van der Waals surface area (Å²) in [4.78, 5) is 17.7. The molecule has 0 N–H and O–H groups in total. The lowest BCUT2D eigenvalue weighted by molar-refractivity contribution is 0.101. The fourth-order valence-electron chi connectivity index (χ4n) is 2.53. The van der Waals surface area contributed by atoms with Crippen LogP contribution in [0.5, 0.6) is 0 Å². The number of rotatable bonds is 3. The molecule has 0 aliphatic carbocycles. The van der Waals surface area contributed by atoms with Gasteiger partial charge < -0.3 is 0 Å². The van der Waals surface area contributed by atoms with Gasteiger partial charge in [-0.1, -0.05) is 30.3 Å². The second-order valence-electron chi connectivity index (χ2n) is 4.91. The van der Waals surface area contributed by atoms with E-state index in [0.717, 1.165) is 22.2 Å². The first-order valence-corrected chi connectivity index (χ1v) is 7.66. The summed E-state index contributed by atoms with van der Waals surface area (Å²) < 4.78 is 0. The molecular formula is C18H15NOS. The van der Waals surface area contributed by atoms with E-state index in [1.165, 1.54) is 4.88 Å². The van der Waals surface area contributed by atoms with Gasteiger partial charge in [0.15, 0.2) is 5.78 Å². The van der Waals surface area contributed by atoms with E-state index in [1.807, 2.05) is 48.7 Å². The van der Waals surface area contributed by atoms with Crippen molar-refractivity contribution in [2.75, 3.05) is 0 Å². The summed E-state index contributed by atoms with van der Waals surface area (Å²) in [5, 5.41) is 3.06. The van der Waals surface area contributed by atoms with E-state index in [9.17, 15) is 4.79 Å². The molecule has 2 aromatic heterocycles. The molecule has 0 spiro atoms. The number of aryl methyl sites for hydroxylation is 1. The highest BCUT2D eigenvalue weighted by Crippen LogP contribution is 2.26. The Labute approximate surface area is 127 Å². The van der Waals surface area contributed by atoms with Gasteiger partial charge >= 0.3 is 0 Å². The highest BCUT2D eigenvalue weighted by atomic mass is 32.1. The van der Waals surface area contributed by atoms with Crippen molar-refractivity contribution in [3.8, 4) is 0 Å². The van der Waals surface area contributed by atoms with Crippen LogP contribution in [0.4, 0.5) is 0 Å². The Morgan fingerprint density at radius 3 is 2.67 bits per heavy atom. The minimum Gasteiger partial charge on any atom is -0.294 e. The quantitative estimate of drug-likeness (QED) is 0.638. The van der Waals surface area contributed by atoms with Crippen molar-refractivity contribution < 1.29 is 4.79 Å². The molecule has 0 aliphatic rings. The molecule has 3 aromatic rings. The second kappa shape index (κ2) is 5.62. The highest BCUT2D eigenvalue weighted by molar-refractivity contribution is 7.10. The summed E-state index contributed by atoms with van der Waals surface area (Å²) in [6.07, 6.45) is 4.08. The third kappa shape index (κ3) is 2.65. The van der Waals surface area contributed by atoms with Crippen LogP contribution < -0.4 is 0 Å². The number of benzene rings is 1. The molecule has 0 radical (unpaired) electrons. The number of nitrogens with zero attached hydrogens (tertiary/aromatic N) is 1. The van der Waals surface area contributed by atoms with E-state index >= 15 is 0 Å². The maximum Gasteiger partial charge on any atom is 0.162 e. The zero-order valence-electron chi connectivity index (χ0n) is 12.0. The van der Waals surface area contributed by atoms with E-state index in [0.29, 0.717) is 5.56 Å². The number of aromatic nitrogens is 1. The first-order chi connectivity index (χ1) is 10.2. The molecule has 0 amide bonds. The predicted molar refractivity (Wildman–Crippen MR) is 89.7 cm³/mol. The van der Waals surface area contributed by atoms with Gasteiger partial charge in [-0.25, -0.2) is 0 Å². The monoisotopic (exact) mass is 293 g/mol. The molecule has 2 heterocycles. The van der Waals surface area contributed by atoms with Gasteiger partial charge in [-0.2, -0.15) is 0 Å². The van der Waals surface area contributed by atoms with Gasteiger partial charge in [0, 0.05) is 21.5 Å². The summed E-state index contributed by atoms with van der Waals surface area (Å²) in [5.74, 6) is 0.0524. The minimum absolute atomic E-state index is 0.0524. The van der Waals surface area contributed by atoms with Crippen LogP contribution in [0.1, 0.15) is 33.4 Å². The van der Waals surface area contributed by atoms with Crippen LogP contribution >= 0.6 is 11.3 Å². The fraction of sp³-hybridized carbons (Fsp3) is 0.111. The molecule has 0 fully saturated rings. The van der Waals surface area contributed by atoms with E-state index in [2.05, 4.69) is 17.1 Å². The largest absolute Gasteiger partial charge is 0.294 e. The first-order valence-electron chi connectivity index (χ1n) is 6.78. The molecule has 104 valence electrons. The average Bonchev–Trinajstić information content (AvgIpc) is 2.97. The van der Waals surface area contributed by atoms with E-state index < -0.39 is 0 Å². The third-order valence-electron chi connectivity index (χ3n) is 3.42. The molecule has 0 atom stereocenters. The molecule has 0 saturated heterocycles. The zero-order chi connectivity index (χ0) is 14.8. The van der Waals surface area contributed by atoms with Gasteiger partial charge in [-0.3, -0.25) is 9.78 Å². The number of carbonyl (C=O) groups is 1. The van der Waals surface area contributed by atoms with Crippen molar-refractivity contribution in [3.05, 3.63) is 63.5 Å². The van der Waals surface area contributed by atoms with Crippen molar-refractivity contribution in [2.45, 2.75) is 13.8 Å². The molecular weight excluding hydrogens is 278 g/mol. The highest BCUT2D eigenvalue weighted by Gasteiger charge is 2.13. The molecule has 0 unspecified atom stereocenters. The second-order valence-corrected chi connectivity index (χ2v) is 5.89. The van der Waals surface area contributed by atoms with Crippen molar-refractivity contribution in [3.63, 3.8) is 0 Å². The van der Waals surface area contributed by atoms with Crippen LogP contribution in [0.2, 0.25) is 0 Å². The fourth-order valence-corrected chi connectivity index (χ4v) is 3.15. The average molecular weight is 293 g/mol. The molecule has 3 heteroatoms. The molecule has 3 rings (SSSR count). The Morgan fingerprint density at radius 2 is 1.95 bits per heavy atom. The number of hydrogen-bond donors (Lipinski definition) is 0. The molecule has 0 bridgehead atoms. The predicted octanol–water partition coefficient (Wildman–Crippen LogP) is 4.98. The van der Waals surface area contributed by atoms with Gasteiger partial charge in [0.25, 0.3) is 0 Å². The van der Waals surface area contributed by atoms with Crippen LogP contribution in [-0.2, 0) is 0 Å². The van der Waals surface area contributed by atoms with Gasteiger partial charge in [0.1, 0.15) is 0 Å². The van der Waals surface area contributed by atoms with Crippen LogP contribution in [0, 0.1) is 6.92 Å². The maximum atomic E-state index is 12.0. The zero-order valence-corrected chi connectivity index (χ0v) is 12.8. The van der Waals surface area contributed by atoms with Crippen LogP contribution in [0.15, 0.2) is 41.8 Å². The number of carbonyl (C=O) groups excluding carboxylic acids is 1. The number of Topliss-reactive ketones (excluding diaryl/α,β-unsaturated/α-hetero) is 1. The van der Waals surface area contributed by atoms with Crippen molar-refractivity contribution in [2.24, 2.45) is 0 Å². The number of thiophene rings is 1. The van der Waals surface area contributed by atoms with Crippen LogP contribution in [0.3, 0.4) is 0 Å². The smallest absolute Gasteiger partial charge is 0.162 e. The lowest BCUT2D eigenvalue weighted by Gasteiger charge is -2.10. The summed E-state index contributed by atoms with van der Waals surface area (Å²) in [6, 6.07) is 12.0. The van der Waals surface area contributed by atoms with Crippen molar-refractivity contribution >= 4 is 40.2 Å². The lowest BCUT2D eigenvalue weighted by Crippen LogP contribution is -2.03. The number of hydrogen-bond acceptors (Lipinski definition) is 3. The van der Waals surface area contributed by atoms with Crippen molar-refractivity contribution in [1.29, 1.82) is 0 Å². The molecule has 21 heavy (non-hydrogen) atoms. The van der Waals surface area contributed by atoms with E-state index in [1.54, 1.807) is 18.3 Å². The molecule has 0 aliphatic heterocycles. The van der Waals surface area contributed by atoms with Crippen LogP contribution in [0.25, 0.3) is 23.1 Å². The molecule has 2 nitrogen and oxygen atoms in total. The minimum atomic E-state index is 0.0524. The molecule has 0 saturated carbocycles. The van der Waals surface area contributed by atoms with Gasteiger partial charge in [0.05, 0.1) is 5.52 Å². The Balaban J connectivity index is 2.26. The topological polar surface area (TPSA) is 30.0 Å². The maximum absolute atomic E-state index is 12.0. The van der Waals surface area contributed by atoms with Gasteiger partial charge in [-0.15, -0.1) is 11.3 Å². The third-order valence-corrected chi connectivity index (χ3v) is 4.26. The standard InChI is InChI=1S/C18H15NOS/c1-12-18(13(2)20)16(10-9-14-6-5-11-21-14)15-7-3-4-8-17(15)19-12/h3-11H,1-2H3/b10-9+.